The van der Waals surface area contributed by atoms with Crippen LogP contribution in [0.4, 0.5) is 0 Å². The third kappa shape index (κ3) is 3.95. The minimum absolute atomic E-state index is 0. The van der Waals surface area contributed by atoms with Crippen LogP contribution in [0, 0.1) is 5.92 Å². The molecular formula is C11H16BrClN2OS. The molecule has 0 saturated heterocycles. The van der Waals surface area contributed by atoms with Crippen LogP contribution < -0.4 is 11.1 Å². The fraction of sp³-hybridized carbons (Fsp3) is 0.545. The summed E-state index contributed by atoms with van der Waals surface area (Å²) in [4.78, 5) is 13.0. The van der Waals surface area contributed by atoms with Crippen molar-refractivity contribution in [3.63, 3.8) is 0 Å². The van der Waals surface area contributed by atoms with Gasteiger partial charge in [-0.15, -0.1) is 23.7 Å². The van der Waals surface area contributed by atoms with Crippen LogP contribution in [0.5, 0.6) is 0 Å². The summed E-state index contributed by atoms with van der Waals surface area (Å²) >= 11 is 5.04. The van der Waals surface area contributed by atoms with E-state index in [2.05, 4.69) is 21.2 Å². The average molecular weight is 340 g/mol. The van der Waals surface area contributed by atoms with Crippen molar-refractivity contribution < 1.29 is 4.79 Å². The molecule has 0 radical (unpaired) electrons. The number of halogens is 2. The van der Waals surface area contributed by atoms with Crippen LogP contribution in [0.25, 0.3) is 0 Å². The minimum atomic E-state index is 0. The number of carbonyl (C=O) groups excluding carboxylic acids is 1. The van der Waals surface area contributed by atoms with Gasteiger partial charge in [-0.2, -0.15) is 0 Å². The molecule has 0 spiro atoms. The van der Waals surface area contributed by atoms with E-state index in [-0.39, 0.29) is 30.3 Å². The highest BCUT2D eigenvalue weighted by molar-refractivity contribution is 9.11. The predicted molar refractivity (Wildman–Crippen MR) is 76.4 cm³/mol. The molecular weight excluding hydrogens is 324 g/mol. The fourth-order valence-electron chi connectivity index (χ4n) is 2.07. The summed E-state index contributed by atoms with van der Waals surface area (Å²) in [6.07, 6.45) is 2.98. The molecule has 17 heavy (non-hydrogen) atoms. The van der Waals surface area contributed by atoms with Gasteiger partial charge in [0.15, 0.2) is 0 Å². The second kappa shape index (κ2) is 6.73. The number of nitrogens with two attached hydrogens (primary N) is 1. The van der Waals surface area contributed by atoms with E-state index in [1.807, 2.05) is 12.1 Å². The summed E-state index contributed by atoms with van der Waals surface area (Å²) in [5.74, 6) is 0.123. The van der Waals surface area contributed by atoms with E-state index in [0.717, 1.165) is 27.9 Å². The van der Waals surface area contributed by atoms with E-state index in [9.17, 15) is 4.79 Å². The predicted octanol–water partition coefficient (Wildman–Crippen LogP) is 2.68. The number of rotatable bonds is 3. The zero-order valence-electron chi connectivity index (χ0n) is 9.32. The third-order valence-corrected chi connectivity index (χ3v) is 4.60. The Morgan fingerprint density at radius 3 is 2.82 bits per heavy atom. The Morgan fingerprint density at radius 1 is 1.53 bits per heavy atom. The molecule has 0 aromatic carbocycles. The lowest BCUT2D eigenvalue weighted by Gasteiger charge is -2.14. The molecule has 3 N–H and O–H groups in total. The molecule has 1 aromatic rings. The molecule has 2 atom stereocenters. The highest BCUT2D eigenvalue weighted by Gasteiger charge is 2.29. The van der Waals surface area contributed by atoms with Crippen LogP contribution in [-0.2, 0) is 11.3 Å². The molecule has 1 fully saturated rings. The summed E-state index contributed by atoms with van der Waals surface area (Å²) < 4.78 is 1.09. The average Bonchev–Trinajstić information content (AvgIpc) is 2.84. The van der Waals surface area contributed by atoms with Gasteiger partial charge in [-0.25, -0.2) is 0 Å². The van der Waals surface area contributed by atoms with Crippen molar-refractivity contribution >= 4 is 45.6 Å². The maximum atomic E-state index is 11.8. The Hall–Kier alpha value is -0.100. The lowest BCUT2D eigenvalue weighted by Crippen LogP contribution is -2.38. The normalized spacial score (nSPS) is 23.2. The largest absolute Gasteiger partial charge is 0.351 e. The second-order valence-corrected chi connectivity index (χ2v) is 6.67. The van der Waals surface area contributed by atoms with Crippen molar-refractivity contribution in [3.8, 4) is 0 Å². The van der Waals surface area contributed by atoms with Crippen LogP contribution in [0.3, 0.4) is 0 Å². The third-order valence-electron chi connectivity index (χ3n) is 2.97. The number of carbonyl (C=O) groups is 1. The maximum absolute atomic E-state index is 11.8. The lowest BCUT2D eigenvalue weighted by molar-refractivity contribution is -0.125. The first-order valence-corrected chi connectivity index (χ1v) is 7.05. The van der Waals surface area contributed by atoms with Crippen molar-refractivity contribution in [2.24, 2.45) is 11.7 Å². The molecule has 6 heteroatoms. The van der Waals surface area contributed by atoms with E-state index in [1.54, 1.807) is 11.3 Å². The minimum Gasteiger partial charge on any atom is -0.351 e. The van der Waals surface area contributed by atoms with Crippen LogP contribution in [-0.4, -0.2) is 11.9 Å². The Kier molecular flexibility index (Phi) is 5.92. The maximum Gasteiger partial charge on any atom is 0.224 e. The molecule has 2 rings (SSSR count). The van der Waals surface area contributed by atoms with Gasteiger partial charge in [0.25, 0.3) is 0 Å². The summed E-state index contributed by atoms with van der Waals surface area (Å²) in [5.41, 5.74) is 5.89. The van der Waals surface area contributed by atoms with Gasteiger partial charge in [0.2, 0.25) is 5.91 Å². The summed E-state index contributed by atoms with van der Waals surface area (Å²) in [6, 6.07) is 4.06. The zero-order chi connectivity index (χ0) is 11.5. The van der Waals surface area contributed by atoms with Crippen LogP contribution in [0.15, 0.2) is 15.9 Å². The molecule has 1 aliphatic carbocycles. The molecule has 1 aliphatic rings. The van der Waals surface area contributed by atoms with Crippen LogP contribution in [0.1, 0.15) is 24.1 Å². The summed E-state index contributed by atoms with van der Waals surface area (Å²) in [5, 5.41) is 2.96. The van der Waals surface area contributed by atoms with Crippen molar-refractivity contribution in [3.05, 3.63) is 20.8 Å². The smallest absolute Gasteiger partial charge is 0.224 e. The zero-order valence-corrected chi connectivity index (χ0v) is 12.5. The Balaban J connectivity index is 0.00000144. The Labute approximate surface area is 120 Å². The van der Waals surface area contributed by atoms with Gasteiger partial charge in [-0.05, 0) is 40.9 Å². The van der Waals surface area contributed by atoms with Crippen molar-refractivity contribution in [1.82, 2.24) is 5.32 Å². The summed E-state index contributed by atoms with van der Waals surface area (Å²) in [6.45, 7) is 0.609. The van der Waals surface area contributed by atoms with E-state index in [0.29, 0.717) is 6.54 Å². The molecule has 3 nitrogen and oxygen atoms in total. The number of nitrogens with one attached hydrogen (secondary N) is 1. The van der Waals surface area contributed by atoms with E-state index >= 15 is 0 Å². The molecule has 96 valence electrons. The van der Waals surface area contributed by atoms with Gasteiger partial charge >= 0.3 is 0 Å². The lowest BCUT2D eigenvalue weighted by atomic mass is 10.0. The standard InChI is InChI=1S/C11H15BrN2OS.ClH/c12-10-5-4-7(16-10)6-14-11(15)8-2-1-3-9(8)13;/h4-5,8-9H,1-3,6,13H2,(H,14,15);1H. The van der Waals surface area contributed by atoms with E-state index < -0.39 is 0 Å². The van der Waals surface area contributed by atoms with Gasteiger partial charge in [-0.3, -0.25) is 4.79 Å². The highest BCUT2D eigenvalue weighted by atomic mass is 79.9. The number of thiophene rings is 1. The van der Waals surface area contributed by atoms with Gasteiger partial charge in [-0.1, -0.05) is 6.42 Å². The van der Waals surface area contributed by atoms with E-state index in [1.165, 1.54) is 0 Å². The molecule has 0 aliphatic heterocycles. The molecule has 1 heterocycles. The highest BCUT2D eigenvalue weighted by Crippen LogP contribution is 2.25. The van der Waals surface area contributed by atoms with Crippen molar-refractivity contribution in [1.29, 1.82) is 0 Å². The fourth-order valence-corrected chi connectivity index (χ4v) is 3.49. The van der Waals surface area contributed by atoms with Crippen LogP contribution >= 0.6 is 39.7 Å². The first-order valence-electron chi connectivity index (χ1n) is 5.44. The monoisotopic (exact) mass is 338 g/mol. The number of amides is 1. The van der Waals surface area contributed by atoms with E-state index in [4.69, 9.17) is 5.73 Å². The molecule has 1 aromatic heterocycles. The first-order chi connectivity index (χ1) is 7.66. The number of hydrogen-bond donors (Lipinski definition) is 2. The van der Waals surface area contributed by atoms with Crippen molar-refractivity contribution in [2.45, 2.75) is 31.8 Å². The topological polar surface area (TPSA) is 55.1 Å². The SMILES string of the molecule is Cl.NC1CCCC1C(=O)NCc1ccc(Br)s1. The second-order valence-electron chi connectivity index (χ2n) is 4.12. The molecule has 2 unspecified atom stereocenters. The molecule has 1 saturated carbocycles. The Morgan fingerprint density at radius 2 is 2.29 bits per heavy atom. The van der Waals surface area contributed by atoms with Crippen LogP contribution in [0.2, 0.25) is 0 Å². The molecule has 1 amide bonds. The molecule has 0 bridgehead atoms. The van der Waals surface area contributed by atoms with Gasteiger partial charge in [0, 0.05) is 10.9 Å². The quantitative estimate of drug-likeness (QED) is 0.889. The van der Waals surface area contributed by atoms with Gasteiger partial charge < -0.3 is 11.1 Å². The van der Waals surface area contributed by atoms with Crippen molar-refractivity contribution in [2.75, 3.05) is 0 Å². The Bertz CT molecular complexity index is 385. The number of hydrogen-bond acceptors (Lipinski definition) is 3. The van der Waals surface area contributed by atoms with Gasteiger partial charge in [0.1, 0.15) is 0 Å². The first kappa shape index (κ1) is 15.0. The summed E-state index contributed by atoms with van der Waals surface area (Å²) in [7, 11) is 0. The van der Waals surface area contributed by atoms with Gasteiger partial charge in [0.05, 0.1) is 16.2 Å².